The normalized spacial score (nSPS) is 12.1. The Morgan fingerprint density at radius 1 is 1.30 bits per heavy atom. The van der Waals surface area contributed by atoms with Crippen LogP contribution in [0.5, 0.6) is 5.75 Å². The van der Waals surface area contributed by atoms with Gasteiger partial charge in [-0.05, 0) is 36.2 Å². The van der Waals surface area contributed by atoms with E-state index in [0.717, 1.165) is 11.3 Å². The Balaban J connectivity index is 1.75. The minimum atomic E-state index is -0.601. The number of aromatic hydroxyl groups is 1. The molecule has 1 heterocycles. The van der Waals surface area contributed by atoms with E-state index in [1.165, 1.54) is 0 Å². The molecule has 5 nitrogen and oxygen atoms in total. The van der Waals surface area contributed by atoms with Crippen LogP contribution in [0.1, 0.15) is 11.3 Å². The first-order valence-corrected chi connectivity index (χ1v) is 6.49. The highest BCUT2D eigenvalue weighted by molar-refractivity contribution is 5.81. The van der Waals surface area contributed by atoms with Crippen LogP contribution in [0.25, 0.3) is 0 Å². The molecule has 106 valence electrons. The monoisotopic (exact) mass is 274 g/mol. The maximum atomic E-state index is 11.8. The van der Waals surface area contributed by atoms with Crippen molar-refractivity contribution in [3.63, 3.8) is 0 Å². The number of phenolic OH excluding ortho intramolecular Hbond substituents is 1. The zero-order chi connectivity index (χ0) is 14.4. The zero-order valence-corrected chi connectivity index (χ0v) is 11.1. The summed E-state index contributed by atoms with van der Waals surface area (Å²) in [5, 5.41) is 12.0. The van der Waals surface area contributed by atoms with E-state index in [-0.39, 0.29) is 11.7 Å². The number of carbonyl (C=O) groups is 1. The van der Waals surface area contributed by atoms with Crippen molar-refractivity contribution >= 4 is 5.91 Å². The molecule has 0 bridgehead atoms. The van der Waals surface area contributed by atoms with Gasteiger partial charge < -0.3 is 20.6 Å². The van der Waals surface area contributed by atoms with Crippen molar-refractivity contribution < 1.29 is 14.3 Å². The Labute approximate surface area is 117 Å². The predicted molar refractivity (Wildman–Crippen MR) is 75.2 cm³/mol. The lowest BCUT2D eigenvalue weighted by molar-refractivity contribution is -0.122. The summed E-state index contributed by atoms with van der Waals surface area (Å²) in [6.45, 7) is 0.496. The molecule has 0 saturated heterocycles. The SMILES string of the molecule is N[C@@H](Cc1ccc(O)cc1)C(=O)NCCc1ccco1. The van der Waals surface area contributed by atoms with Crippen LogP contribution >= 0.6 is 0 Å². The second-order valence-electron chi connectivity index (χ2n) is 4.60. The minimum absolute atomic E-state index is 0.190. The second-order valence-corrected chi connectivity index (χ2v) is 4.60. The van der Waals surface area contributed by atoms with E-state index in [1.807, 2.05) is 12.1 Å². The number of hydrogen-bond acceptors (Lipinski definition) is 4. The predicted octanol–water partition coefficient (Wildman–Crippen LogP) is 1.21. The summed E-state index contributed by atoms with van der Waals surface area (Å²) in [7, 11) is 0. The van der Waals surface area contributed by atoms with Gasteiger partial charge in [-0.3, -0.25) is 4.79 Å². The average molecular weight is 274 g/mol. The van der Waals surface area contributed by atoms with Gasteiger partial charge in [0.2, 0.25) is 5.91 Å². The van der Waals surface area contributed by atoms with Gasteiger partial charge in [-0.15, -0.1) is 0 Å². The van der Waals surface area contributed by atoms with Crippen molar-refractivity contribution in [2.45, 2.75) is 18.9 Å². The average Bonchev–Trinajstić information content (AvgIpc) is 2.94. The molecule has 0 aliphatic carbocycles. The number of rotatable bonds is 6. The number of nitrogens with two attached hydrogens (primary N) is 1. The number of benzene rings is 1. The highest BCUT2D eigenvalue weighted by atomic mass is 16.3. The van der Waals surface area contributed by atoms with E-state index in [4.69, 9.17) is 10.2 Å². The quantitative estimate of drug-likeness (QED) is 0.739. The van der Waals surface area contributed by atoms with Crippen molar-refractivity contribution in [3.05, 3.63) is 54.0 Å². The smallest absolute Gasteiger partial charge is 0.237 e. The lowest BCUT2D eigenvalue weighted by atomic mass is 10.1. The third-order valence-electron chi connectivity index (χ3n) is 2.98. The van der Waals surface area contributed by atoms with Gasteiger partial charge in [-0.2, -0.15) is 0 Å². The number of carbonyl (C=O) groups excluding carboxylic acids is 1. The van der Waals surface area contributed by atoms with E-state index < -0.39 is 6.04 Å². The molecule has 1 atom stereocenters. The molecule has 20 heavy (non-hydrogen) atoms. The molecule has 2 aromatic rings. The molecule has 0 aliphatic heterocycles. The van der Waals surface area contributed by atoms with E-state index >= 15 is 0 Å². The number of furan rings is 1. The molecule has 0 unspecified atom stereocenters. The van der Waals surface area contributed by atoms with Gasteiger partial charge in [-0.25, -0.2) is 0 Å². The molecule has 0 aliphatic rings. The lowest BCUT2D eigenvalue weighted by Crippen LogP contribution is -2.42. The summed E-state index contributed by atoms with van der Waals surface area (Å²) in [6, 6.07) is 9.75. The van der Waals surface area contributed by atoms with Gasteiger partial charge in [0, 0.05) is 13.0 Å². The Hall–Kier alpha value is -2.27. The van der Waals surface area contributed by atoms with Crippen LogP contribution in [-0.2, 0) is 17.6 Å². The van der Waals surface area contributed by atoms with Gasteiger partial charge in [-0.1, -0.05) is 12.1 Å². The first-order chi connectivity index (χ1) is 9.65. The van der Waals surface area contributed by atoms with Crippen LogP contribution in [-0.4, -0.2) is 23.6 Å². The molecule has 0 spiro atoms. The van der Waals surface area contributed by atoms with Crippen molar-refractivity contribution in [3.8, 4) is 5.75 Å². The van der Waals surface area contributed by atoms with Gasteiger partial charge in [0.05, 0.1) is 12.3 Å². The van der Waals surface area contributed by atoms with E-state index in [2.05, 4.69) is 5.32 Å². The van der Waals surface area contributed by atoms with E-state index in [9.17, 15) is 9.90 Å². The van der Waals surface area contributed by atoms with Gasteiger partial charge in [0.25, 0.3) is 0 Å². The van der Waals surface area contributed by atoms with Crippen molar-refractivity contribution in [2.24, 2.45) is 5.73 Å². The Morgan fingerprint density at radius 2 is 2.05 bits per heavy atom. The summed E-state index contributed by atoms with van der Waals surface area (Å²) in [5.41, 5.74) is 6.76. The van der Waals surface area contributed by atoms with Crippen molar-refractivity contribution in [2.75, 3.05) is 6.54 Å². The maximum Gasteiger partial charge on any atom is 0.237 e. The van der Waals surface area contributed by atoms with Crippen LogP contribution in [0.3, 0.4) is 0 Å². The fourth-order valence-corrected chi connectivity index (χ4v) is 1.87. The van der Waals surface area contributed by atoms with Crippen molar-refractivity contribution in [1.29, 1.82) is 0 Å². The molecular weight excluding hydrogens is 256 g/mol. The van der Waals surface area contributed by atoms with Gasteiger partial charge >= 0.3 is 0 Å². The first kappa shape index (κ1) is 14.1. The first-order valence-electron chi connectivity index (χ1n) is 6.49. The Morgan fingerprint density at radius 3 is 2.70 bits per heavy atom. The number of hydrogen-bond donors (Lipinski definition) is 3. The third kappa shape index (κ3) is 4.13. The van der Waals surface area contributed by atoms with Crippen LogP contribution in [0.15, 0.2) is 47.1 Å². The van der Waals surface area contributed by atoms with Crippen molar-refractivity contribution in [1.82, 2.24) is 5.32 Å². The summed E-state index contributed by atoms with van der Waals surface area (Å²) in [5.74, 6) is 0.840. The third-order valence-corrected chi connectivity index (χ3v) is 2.98. The molecule has 5 heteroatoms. The highest BCUT2D eigenvalue weighted by Crippen LogP contribution is 2.10. The fraction of sp³-hybridized carbons (Fsp3) is 0.267. The molecule has 4 N–H and O–H groups in total. The Kier molecular flexibility index (Phi) is 4.79. The summed E-state index contributed by atoms with van der Waals surface area (Å²) < 4.78 is 5.18. The molecule has 2 rings (SSSR count). The number of nitrogens with one attached hydrogen (secondary N) is 1. The molecule has 1 amide bonds. The fourth-order valence-electron chi connectivity index (χ4n) is 1.87. The minimum Gasteiger partial charge on any atom is -0.508 e. The molecule has 1 aromatic carbocycles. The highest BCUT2D eigenvalue weighted by Gasteiger charge is 2.13. The van der Waals surface area contributed by atoms with E-state index in [0.29, 0.717) is 19.4 Å². The summed E-state index contributed by atoms with van der Waals surface area (Å²) >= 11 is 0. The summed E-state index contributed by atoms with van der Waals surface area (Å²) in [6.07, 6.45) is 2.69. The number of phenols is 1. The molecular formula is C15H18N2O3. The summed E-state index contributed by atoms with van der Waals surface area (Å²) in [4.78, 5) is 11.8. The molecule has 0 saturated carbocycles. The van der Waals surface area contributed by atoms with Gasteiger partial charge in [0.15, 0.2) is 0 Å². The second kappa shape index (κ2) is 6.77. The lowest BCUT2D eigenvalue weighted by Gasteiger charge is -2.12. The topological polar surface area (TPSA) is 88.5 Å². The van der Waals surface area contributed by atoms with Gasteiger partial charge in [0.1, 0.15) is 11.5 Å². The molecule has 0 fully saturated rings. The molecule has 0 radical (unpaired) electrons. The van der Waals surface area contributed by atoms with Crippen LogP contribution in [0.4, 0.5) is 0 Å². The zero-order valence-electron chi connectivity index (χ0n) is 11.1. The van der Waals surface area contributed by atoms with Crippen LogP contribution in [0, 0.1) is 0 Å². The number of amides is 1. The largest absolute Gasteiger partial charge is 0.508 e. The van der Waals surface area contributed by atoms with Crippen LogP contribution < -0.4 is 11.1 Å². The standard InChI is InChI=1S/C15H18N2O3/c16-14(10-11-3-5-12(18)6-4-11)15(19)17-8-7-13-2-1-9-20-13/h1-6,9,14,18H,7-8,10,16H2,(H,17,19)/t14-/m0/s1. The molecule has 1 aromatic heterocycles. The van der Waals surface area contributed by atoms with Crippen LogP contribution in [0.2, 0.25) is 0 Å². The Bertz CT molecular complexity index is 535. The van der Waals surface area contributed by atoms with E-state index in [1.54, 1.807) is 30.5 Å². The maximum absolute atomic E-state index is 11.8.